The largest absolute Gasteiger partial charge is 0.290 e. The zero-order valence-corrected chi connectivity index (χ0v) is 16.4. The number of carbonyl (C=O) groups excluding carboxylic acids is 1. The average Bonchev–Trinajstić information content (AvgIpc) is 2.61. The van der Waals surface area contributed by atoms with Crippen molar-refractivity contribution < 1.29 is 4.79 Å². The van der Waals surface area contributed by atoms with E-state index < -0.39 is 0 Å². The third-order valence-electron chi connectivity index (χ3n) is 4.18. The number of hydrogen-bond donors (Lipinski definition) is 0. The number of allylic oxidation sites excluding steroid dienone is 4. The van der Waals surface area contributed by atoms with Gasteiger partial charge in [0.25, 0.3) is 0 Å². The van der Waals surface area contributed by atoms with E-state index in [1.54, 1.807) is 0 Å². The van der Waals surface area contributed by atoms with Gasteiger partial charge in [0.1, 0.15) is 0 Å². The summed E-state index contributed by atoms with van der Waals surface area (Å²) in [6, 6.07) is 20.4. The van der Waals surface area contributed by atoms with Crippen LogP contribution in [0.15, 0.2) is 72.8 Å². The quantitative estimate of drug-likeness (QED) is 0.480. The maximum atomic E-state index is 12.8. The zero-order valence-electron chi connectivity index (χ0n) is 16.4. The summed E-state index contributed by atoms with van der Waals surface area (Å²) in [5, 5.41) is 0. The van der Waals surface area contributed by atoms with E-state index in [0.29, 0.717) is 11.8 Å². The summed E-state index contributed by atoms with van der Waals surface area (Å²) in [6.07, 6.45) is 5.43. The van der Waals surface area contributed by atoms with Gasteiger partial charge in [-0.05, 0) is 59.1 Å². The second-order valence-electron chi connectivity index (χ2n) is 7.67. The first-order valence-electron chi connectivity index (χ1n) is 9.51. The van der Waals surface area contributed by atoms with Gasteiger partial charge in [-0.15, -0.1) is 0 Å². The summed E-state index contributed by atoms with van der Waals surface area (Å²) in [6.45, 7) is 8.74. The van der Waals surface area contributed by atoms with Crippen LogP contribution in [0, 0.1) is 11.8 Å². The Morgan fingerprint density at radius 3 is 1.35 bits per heavy atom. The van der Waals surface area contributed by atoms with Gasteiger partial charge in [0.2, 0.25) is 0 Å². The number of benzene rings is 2. The molecule has 2 aromatic carbocycles. The average molecular weight is 347 g/mol. The Morgan fingerprint density at radius 2 is 1.04 bits per heavy atom. The van der Waals surface area contributed by atoms with Crippen molar-refractivity contribution in [2.24, 2.45) is 11.8 Å². The number of ketones is 1. The molecule has 0 spiro atoms. The van der Waals surface area contributed by atoms with E-state index in [4.69, 9.17) is 0 Å². The van der Waals surface area contributed by atoms with E-state index in [-0.39, 0.29) is 5.78 Å². The first-order chi connectivity index (χ1) is 12.5. The Morgan fingerprint density at radius 1 is 0.692 bits per heavy atom. The van der Waals surface area contributed by atoms with E-state index in [1.165, 1.54) is 0 Å². The molecule has 0 radical (unpaired) electrons. The van der Waals surface area contributed by atoms with Gasteiger partial charge in [-0.25, -0.2) is 0 Å². The summed E-state index contributed by atoms with van der Waals surface area (Å²) >= 11 is 0. The normalized spacial score (nSPS) is 12.7. The Hall–Kier alpha value is -2.41. The summed E-state index contributed by atoms with van der Waals surface area (Å²) in [4.78, 5) is 12.8. The first-order valence-corrected chi connectivity index (χ1v) is 9.51. The molecule has 26 heavy (non-hydrogen) atoms. The van der Waals surface area contributed by atoms with Crippen molar-refractivity contribution in [1.82, 2.24) is 0 Å². The van der Waals surface area contributed by atoms with Crippen LogP contribution in [0.25, 0.3) is 11.1 Å². The summed E-state index contributed by atoms with van der Waals surface area (Å²) in [7, 11) is 0. The fourth-order valence-electron chi connectivity index (χ4n) is 3.09. The molecule has 2 rings (SSSR count). The molecule has 0 aliphatic rings. The molecule has 0 atom stereocenters. The van der Waals surface area contributed by atoms with E-state index in [0.717, 1.165) is 35.1 Å². The highest BCUT2D eigenvalue weighted by Gasteiger charge is 2.09. The first kappa shape index (κ1) is 19.9. The van der Waals surface area contributed by atoms with Crippen molar-refractivity contribution in [3.63, 3.8) is 0 Å². The lowest BCUT2D eigenvalue weighted by molar-refractivity contribution is -0.110. The van der Waals surface area contributed by atoms with Crippen LogP contribution in [0.4, 0.5) is 0 Å². The molecule has 0 aliphatic carbocycles. The maximum Gasteiger partial charge on any atom is 0.179 e. The van der Waals surface area contributed by atoms with E-state index >= 15 is 0 Å². The molecule has 1 nitrogen and oxygen atoms in total. The smallest absolute Gasteiger partial charge is 0.179 e. The molecule has 0 amide bonds. The van der Waals surface area contributed by atoms with Gasteiger partial charge < -0.3 is 0 Å². The minimum absolute atomic E-state index is 0.0732. The minimum Gasteiger partial charge on any atom is -0.290 e. The third-order valence-corrected chi connectivity index (χ3v) is 4.18. The molecule has 0 bridgehead atoms. The van der Waals surface area contributed by atoms with Crippen molar-refractivity contribution in [3.8, 4) is 0 Å². The molecule has 0 unspecified atom stereocenters. The second kappa shape index (κ2) is 9.91. The van der Waals surface area contributed by atoms with Gasteiger partial charge in [-0.3, -0.25) is 4.79 Å². The van der Waals surface area contributed by atoms with Gasteiger partial charge in [-0.2, -0.15) is 0 Å². The van der Waals surface area contributed by atoms with Crippen molar-refractivity contribution >= 4 is 16.9 Å². The van der Waals surface area contributed by atoms with E-state index in [1.807, 2.05) is 48.6 Å². The number of rotatable bonds is 8. The molecule has 0 N–H and O–H groups in total. The minimum atomic E-state index is 0.0732. The van der Waals surface area contributed by atoms with Crippen LogP contribution >= 0.6 is 0 Å². The topological polar surface area (TPSA) is 17.1 Å². The molecule has 1 heteroatoms. The lowest BCUT2D eigenvalue weighted by Crippen LogP contribution is -1.99. The van der Waals surface area contributed by atoms with Crippen LogP contribution in [-0.2, 0) is 4.79 Å². The van der Waals surface area contributed by atoms with Crippen LogP contribution in [0.3, 0.4) is 0 Å². The Kier molecular flexibility index (Phi) is 7.59. The fraction of sp³-hybridized carbons (Fsp3) is 0.320. The van der Waals surface area contributed by atoms with Gasteiger partial charge in [0.15, 0.2) is 5.78 Å². The molecule has 136 valence electrons. The highest BCUT2D eigenvalue weighted by Crippen LogP contribution is 2.25. The second-order valence-corrected chi connectivity index (χ2v) is 7.67. The highest BCUT2D eigenvalue weighted by atomic mass is 16.1. The van der Waals surface area contributed by atoms with Crippen molar-refractivity contribution in [2.45, 2.75) is 40.5 Å². The van der Waals surface area contributed by atoms with E-state index in [2.05, 4.69) is 52.0 Å². The molecule has 0 aromatic heterocycles. The predicted molar refractivity (Wildman–Crippen MR) is 113 cm³/mol. The molecule has 0 aliphatic heterocycles. The number of carbonyl (C=O) groups is 1. The van der Waals surface area contributed by atoms with Gasteiger partial charge in [-0.1, -0.05) is 88.4 Å². The standard InChI is InChI=1S/C25H30O/c1-19(2)15-23(21-11-7-5-8-12-21)17-25(26)18-24(16-20(3)4)22-13-9-6-10-14-22/h5-14,17-20H,15-16H2,1-4H3. The van der Waals surface area contributed by atoms with Crippen molar-refractivity contribution in [1.29, 1.82) is 0 Å². The SMILES string of the molecule is CC(C)CC(=CC(=O)C=C(CC(C)C)c1ccccc1)c1ccccc1. The molecule has 0 saturated carbocycles. The highest BCUT2D eigenvalue weighted by molar-refractivity contribution is 6.08. The van der Waals surface area contributed by atoms with Crippen LogP contribution in [0.1, 0.15) is 51.7 Å². The Bertz CT molecular complexity index is 684. The van der Waals surface area contributed by atoms with Crippen LogP contribution in [-0.4, -0.2) is 5.78 Å². The molecular formula is C25H30O. The zero-order chi connectivity index (χ0) is 18.9. The van der Waals surface area contributed by atoms with Gasteiger partial charge in [0, 0.05) is 0 Å². The molecule has 0 saturated heterocycles. The molecule has 0 heterocycles. The molecular weight excluding hydrogens is 316 g/mol. The summed E-state index contributed by atoms with van der Waals surface area (Å²) < 4.78 is 0. The van der Waals surface area contributed by atoms with Crippen LogP contribution in [0.5, 0.6) is 0 Å². The maximum absolute atomic E-state index is 12.8. The fourth-order valence-corrected chi connectivity index (χ4v) is 3.09. The lowest BCUT2D eigenvalue weighted by atomic mass is 9.93. The van der Waals surface area contributed by atoms with Crippen LogP contribution < -0.4 is 0 Å². The third kappa shape index (κ3) is 6.48. The Balaban J connectivity index is 2.35. The van der Waals surface area contributed by atoms with Gasteiger partial charge >= 0.3 is 0 Å². The van der Waals surface area contributed by atoms with Crippen molar-refractivity contribution in [2.75, 3.05) is 0 Å². The van der Waals surface area contributed by atoms with Gasteiger partial charge in [0.05, 0.1) is 0 Å². The van der Waals surface area contributed by atoms with Crippen molar-refractivity contribution in [3.05, 3.63) is 83.9 Å². The summed E-state index contributed by atoms with van der Waals surface area (Å²) in [5.41, 5.74) is 4.48. The number of hydrogen-bond acceptors (Lipinski definition) is 1. The van der Waals surface area contributed by atoms with E-state index in [9.17, 15) is 4.79 Å². The lowest BCUT2D eigenvalue weighted by Gasteiger charge is -2.12. The molecule has 2 aromatic rings. The molecule has 0 fully saturated rings. The summed E-state index contributed by atoms with van der Waals surface area (Å²) in [5.74, 6) is 1.08. The predicted octanol–water partition coefficient (Wildman–Crippen LogP) is 6.81. The van der Waals surface area contributed by atoms with Crippen LogP contribution in [0.2, 0.25) is 0 Å². The monoisotopic (exact) mass is 346 g/mol. The Labute approximate surface area is 158 Å².